The molecule has 3 rings (SSSR count). The lowest BCUT2D eigenvalue weighted by atomic mass is 10.1. The molecule has 0 fully saturated rings. The standard InChI is InChI=1S/C16H13N3O/c17-16(18)14-10-12(8-9-19-14)20-15-7-3-5-11-4-1-2-6-13(11)15/h1-10H,(H3,17,18). The van der Waals surface area contributed by atoms with Crippen LogP contribution in [0.5, 0.6) is 11.5 Å². The van der Waals surface area contributed by atoms with Gasteiger partial charge in [-0.2, -0.15) is 0 Å². The SMILES string of the molecule is N=C(N)c1cc(Oc2cccc3ccccc23)ccn1. The second kappa shape index (κ2) is 5.01. The first-order chi connectivity index (χ1) is 9.74. The molecule has 1 heterocycles. The van der Waals surface area contributed by atoms with Gasteiger partial charge in [-0.1, -0.05) is 36.4 Å². The van der Waals surface area contributed by atoms with E-state index in [0.29, 0.717) is 11.4 Å². The highest BCUT2D eigenvalue weighted by molar-refractivity contribution is 5.93. The highest BCUT2D eigenvalue weighted by Gasteiger charge is 2.05. The third kappa shape index (κ3) is 2.31. The van der Waals surface area contributed by atoms with Crippen LogP contribution < -0.4 is 10.5 Å². The van der Waals surface area contributed by atoms with E-state index in [1.165, 1.54) is 0 Å². The number of rotatable bonds is 3. The van der Waals surface area contributed by atoms with Crippen LogP contribution in [0, 0.1) is 5.41 Å². The minimum Gasteiger partial charge on any atom is -0.457 e. The zero-order valence-electron chi connectivity index (χ0n) is 10.7. The largest absolute Gasteiger partial charge is 0.457 e. The Labute approximate surface area is 116 Å². The van der Waals surface area contributed by atoms with Crippen LogP contribution in [0.3, 0.4) is 0 Å². The van der Waals surface area contributed by atoms with Gasteiger partial charge in [-0.15, -0.1) is 0 Å². The monoisotopic (exact) mass is 263 g/mol. The molecule has 4 heteroatoms. The number of hydrogen-bond acceptors (Lipinski definition) is 3. The number of pyridine rings is 1. The molecule has 20 heavy (non-hydrogen) atoms. The van der Waals surface area contributed by atoms with Crippen molar-refractivity contribution in [2.45, 2.75) is 0 Å². The van der Waals surface area contributed by atoms with Crippen LogP contribution in [0.2, 0.25) is 0 Å². The molecular formula is C16H13N3O. The maximum atomic E-state index is 7.40. The summed E-state index contributed by atoms with van der Waals surface area (Å²) >= 11 is 0. The van der Waals surface area contributed by atoms with Crippen LogP contribution in [0.1, 0.15) is 5.69 Å². The van der Waals surface area contributed by atoms with Crippen molar-refractivity contribution < 1.29 is 4.74 Å². The molecule has 2 aromatic carbocycles. The Morgan fingerprint density at radius 2 is 1.85 bits per heavy atom. The summed E-state index contributed by atoms with van der Waals surface area (Å²) in [5.74, 6) is 1.30. The Hall–Kier alpha value is -2.88. The Morgan fingerprint density at radius 3 is 2.70 bits per heavy atom. The van der Waals surface area contributed by atoms with Crippen LogP contribution in [0.15, 0.2) is 60.8 Å². The van der Waals surface area contributed by atoms with Crippen LogP contribution >= 0.6 is 0 Å². The molecule has 0 atom stereocenters. The van der Waals surface area contributed by atoms with Crippen molar-refractivity contribution in [1.82, 2.24) is 4.98 Å². The van der Waals surface area contributed by atoms with Gasteiger partial charge in [0.2, 0.25) is 0 Å². The smallest absolute Gasteiger partial charge is 0.141 e. The first-order valence-electron chi connectivity index (χ1n) is 6.20. The van der Waals surface area contributed by atoms with E-state index >= 15 is 0 Å². The average Bonchev–Trinajstić information content (AvgIpc) is 2.48. The molecule has 3 aromatic rings. The number of amidine groups is 1. The number of aromatic nitrogens is 1. The number of nitrogen functional groups attached to an aromatic ring is 1. The van der Waals surface area contributed by atoms with Gasteiger partial charge < -0.3 is 10.5 Å². The van der Waals surface area contributed by atoms with E-state index in [4.69, 9.17) is 15.9 Å². The van der Waals surface area contributed by atoms with Gasteiger partial charge in [0.05, 0.1) is 0 Å². The molecule has 0 spiro atoms. The number of nitrogens with zero attached hydrogens (tertiary/aromatic N) is 1. The van der Waals surface area contributed by atoms with E-state index in [-0.39, 0.29) is 5.84 Å². The Balaban J connectivity index is 2.01. The molecule has 0 amide bonds. The van der Waals surface area contributed by atoms with Crippen LogP contribution in [-0.4, -0.2) is 10.8 Å². The zero-order valence-corrected chi connectivity index (χ0v) is 10.7. The maximum absolute atomic E-state index is 7.40. The number of ether oxygens (including phenoxy) is 1. The molecule has 98 valence electrons. The highest BCUT2D eigenvalue weighted by atomic mass is 16.5. The lowest BCUT2D eigenvalue weighted by molar-refractivity contribution is 0.487. The third-order valence-corrected chi connectivity index (χ3v) is 2.98. The zero-order chi connectivity index (χ0) is 13.9. The van der Waals surface area contributed by atoms with Crippen LogP contribution in [0.25, 0.3) is 10.8 Å². The molecule has 1 aromatic heterocycles. The molecule has 0 bridgehead atoms. The second-order valence-electron chi connectivity index (χ2n) is 4.37. The number of nitrogens with one attached hydrogen (secondary N) is 1. The Bertz CT molecular complexity index is 778. The molecule has 0 unspecified atom stereocenters. The Morgan fingerprint density at radius 1 is 1.05 bits per heavy atom. The maximum Gasteiger partial charge on any atom is 0.141 e. The summed E-state index contributed by atoms with van der Waals surface area (Å²) in [5.41, 5.74) is 5.84. The molecule has 4 nitrogen and oxygen atoms in total. The fraction of sp³-hybridized carbons (Fsp3) is 0. The van der Waals surface area contributed by atoms with Gasteiger partial charge in [-0.05, 0) is 17.5 Å². The predicted molar refractivity (Wildman–Crippen MR) is 79.3 cm³/mol. The summed E-state index contributed by atoms with van der Waals surface area (Å²) in [5, 5.41) is 9.56. The van der Waals surface area contributed by atoms with Gasteiger partial charge in [0.15, 0.2) is 0 Å². The van der Waals surface area contributed by atoms with Crippen molar-refractivity contribution in [2.75, 3.05) is 0 Å². The van der Waals surface area contributed by atoms with Crippen molar-refractivity contribution in [3.05, 3.63) is 66.5 Å². The van der Waals surface area contributed by atoms with Gasteiger partial charge in [0, 0.05) is 17.6 Å². The molecule has 0 aliphatic carbocycles. The molecule has 0 aliphatic heterocycles. The van der Waals surface area contributed by atoms with Crippen LogP contribution in [-0.2, 0) is 0 Å². The van der Waals surface area contributed by atoms with E-state index in [9.17, 15) is 0 Å². The highest BCUT2D eigenvalue weighted by Crippen LogP contribution is 2.29. The normalized spacial score (nSPS) is 10.4. The summed E-state index contributed by atoms with van der Waals surface area (Å²) in [6, 6.07) is 17.3. The van der Waals surface area contributed by atoms with Gasteiger partial charge in [-0.3, -0.25) is 10.4 Å². The van der Waals surface area contributed by atoms with Gasteiger partial charge in [0.1, 0.15) is 23.0 Å². The van der Waals surface area contributed by atoms with Crippen molar-refractivity contribution in [3.63, 3.8) is 0 Å². The molecular weight excluding hydrogens is 250 g/mol. The van der Waals surface area contributed by atoms with E-state index in [1.807, 2.05) is 42.5 Å². The lowest BCUT2D eigenvalue weighted by Crippen LogP contribution is -2.12. The van der Waals surface area contributed by atoms with E-state index in [0.717, 1.165) is 16.5 Å². The molecule has 0 radical (unpaired) electrons. The first-order valence-corrected chi connectivity index (χ1v) is 6.20. The molecule has 0 saturated heterocycles. The van der Waals surface area contributed by atoms with E-state index in [1.54, 1.807) is 18.3 Å². The van der Waals surface area contributed by atoms with Gasteiger partial charge in [0.25, 0.3) is 0 Å². The molecule has 3 N–H and O–H groups in total. The van der Waals surface area contributed by atoms with E-state index < -0.39 is 0 Å². The first kappa shape index (κ1) is 12.2. The Kier molecular flexibility index (Phi) is 3.05. The average molecular weight is 263 g/mol. The van der Waals surface area contributed by atoms with Crippen molar-refractivity contribution in [1.29, 1.82) is 5.41 Å². The number of fused-ring (bicyclic) bond motifs is 1. The van der Waals surface area contributed by atoms with E-state index in [2.05, 4.69) is 4.98 Å². The van der Waals surface area contributed by atoms with Gasteiger partial charge >= 0.3 is 0 Å². The van der Waals surface area contributed by atoms with Crippen LogP contribution in [0.4, 0.5) is 0 Å². The van der Waals surface area contributed by atoms with Crippen molar-refractivity contribution >= 4 is 16.6 Å². The fourth-order valence-corrected chi connectivity index (χ4v) is 2.03. The fourth-order valence-electron chi connectivity index (χ4n) is 2.03. The van der Waals surface area contributed by atoms with Crippen molar-refractivity contribution in [2.24, 2.45) is 5.73 Å². The number of hydrogen-bond donors (Lipinski definition) is 2. The predicted octanol–water partition coefficient (Wildman–Crippen LogP) is 3.31. The number of benzene rings is 2. The molecule has 0 saturated carbocycles. The summed E-state index contributed by atoms with van der Waals surface area (Å²) < 4.78 is 5.89. The summed E-state index contributed by atoms with van der Waals surface area (Å²) in [7, 11) is 0. The summed E-state index contributed by atoms with van der Waals surface area (Å²) in [4.78, 5) is 4.01. The van der Waals surface area contributed by atoms with Crippen molar-refractivity contribution in [3.8, 4) is 11.5 Å². The minimum atomic E-state index is -0.0756. The lowest BCUT2D eigenvalue weighted by Gasteiger charge is -2.09. The molecule has 0 aliphatic rings. The summed E-state index contributed by atoms with van der Waals surface area (Å²) in [6.07, 6.45) is 1.58. The minimum absolute atomic E-state index is 0.0756. The number of nitrogens with two attached hydrogens (primary N) is 1. The third-order valence-electron chi connectivity index (χ3n) is 2.98. The quantitative estimate of drug-likeness (QED) is 0.562. The van der Waals surface area contributed by atoms with Gasteiger partial charge in [-0.25, -0.2) is 0 Å². The topological polar surface area (TPSA) is 72.0 Å². The summed E-state index contributed by atoms with van der Waals surface area (Å²) in [6.45, 7) is 0. The second-order valence-corrected chi connectivity index (χ2v) is 4.37.